The van der Waals surface area contributed by atoms with Crippen molar-refractivity contribution in [3.05, 3.63) is 47.1 Å². The number of halogens is 1. The Morgan fingerprint density at radius 3 is 2.68 bits per heavy atom. The van der Waals surface area contributed by atoms with Crippen LogP contribution in [-0.4, -0.2) is 37.2 Å². The number of morpholine rings is 1. The molecule has 0 saturated carbocycles. The van der Waals surface area contributed by atoms with Crippen LogP contribution in [-0.2, 0) is 4.74 Å². The molecule has 1 amide bonds. The van der Waals surface area contributed by atoms with Crippen LogP contribution in [0.25, 0.3) is 11.3 Å². The Hall–Kier alpha value is -2.11. The zero-order chi connectivity index (χ0) is 15.5. The quantitative estimate of drug-likeness (QED) is 0.943. The first-order chi connectivity index (χ1) is 10.6. The number of nitrogens with zero attached hydrogens (tertiary/aromatic N) is 2. The third kappa shape index (κ3) is 3.05. The molecule has 0 aliphatic carbocycles. The number of amides is 1. The minimum Gasteiger partial charge on any atom is -0.378 e. The minimum absolute atomic E-state index is 0.429. The summed E-state index contributed by atoms with van der Waals surface area (Å²) in [5.41, 5.74) is 8.24. The van der Waals surface area contributed by atoms with E-state index in [1.807, 2.05) is 18.2 Å². The molecule has 0 radical (unpaired) electrons. The Labute approximate surface area is 133 Å². The molecule has 0 unspecified atom stereocenters. The number of ether oxygens (including phenoxy) is 1. The van der Waals surface area contributed by atoms with Gasteiger partial charge in [-0.15, -0.1) is 0 Å². The number of benzene rings is 1. The van der Waals surface area contributed by atoms with E-state index in [1.54, 1.807) is 18.3 Å². The van der Waals surface area contributed by atoms with Crippen molar-refractivity contribution in [3.8, 4) is 11.3 Å². The predicted octanol–water partition coefficient (Wildman–Crippen LogP) is 2.34. The van der Waals surface area contributed by atoms with Crippen molar-refractivity contribution >= 4 is 23.2 Å². The van der Waals surface area contributed by atoms with Gasteiger partial charge in [-0.05, 0) is 24.3 Å². The number of hydrogen-bond acceptors (Lipinski definition) is 4. The molecule has 2 aromatic rings. The highest BCUT2D eigenvalue weighted by atomic mass is 35.5. The van der Waals surface area contributed by atoms with Gasteiger partial charge in [0, 0.05) is 30.4 Å². The summed E-state index contributed by atoms with van der Waals surface area (Å²) in [4.78, 5) is 17.7. The Bertz CT molecular complexity index is 700. The second-order valence-electron chi connectivity index (χ2n) is 5.06. The van der Waals surface area contributed by atoms with Crippen molar-refractivity contribution in [2.24, 2.45) is 5.73 Å². The lowest BCUT2D eigenvalue weighted by molar-refractivity contribution is 0.1000. The van der Waals surface area contributed by atoms with Crippen LogP contribution in [0, 0.1) is 0 Å². The van der Waals surface area contributed by atoms with Gasteiger partial charge in [0.25, 0.3) is 0 Å². The Balaban J connectivity index is 1.91. The first-order valence-electron chi connectivity index (χ1n) is 7.03. The number of pyridine rings is 1. The monoisotopic (exact) mass is 317 g/mol. The van der Waals surface area contributed by atoms with Gasteiger partial charge in [0.1, 0.15) is 0 Å². The Kier molecular flexibility index (Phi) is 4.27. The summed E-state index contributed by atoms with van der Waals surface area (Å²) in [5.74, 6) is -0.473. The number of aromatic nitrogens is 1. The van der Waals surface area contributed by atoms with Gasteiger partial charge in [0.05, 0.1) is 29.6 Å². The molecule has 1 aliphatic heterocycles. The maximum atomic E-state index is 11.3. The van der Waals surface area contributed by atoms with Crippen molar-refractivity contribution in [1.82, 2.24) is 4.98 Å². The zero-order valence-electron chi connectivity index (χ0n) is 12.0. The Morgan fingerprint density at radius 1 is 1.23 bits per heavy atom. The standard InChI is InChI=1S/C16H16ClN3O2/c17-13-9-11(14-10-12(16(18)21)3-4-19-14)1-2-15(13)20-5-7-22-8-6-20/h1-4,9-10H,5-8H2,(H2,18,21). The molecule has 114 valence electrons. The predicted molar refractivity (Wildman–Crippen MR) is 86.2 cm³/mol. The summed E-state index contributed by atoms with van der Waals surface area (Å²) < 4.78 is 5.35. The molecule has 2 heterocycles. The summed E-state index contributed by atoms with van der Waals surface area (Å²) in [6.45, 7) is 3.07. The normalized spacial score (nSPS) is 14.9. The van der Waals surface area contributed by atoms with Gasteiger partial charge in [-0.3, -0.25) is 9.78 Å². The molecule has 3 rings (SSSR count). The number of rotatable bonds is 3. The topological polar surface area (TPSA) is 68.5 Å². The molecule has 1 aliphatic rings. The first kappa shape index (κ1) is 14.8. The minimum atomic E-state index is -0.473. The van der Waals surface area contributed by atoms with E-state index < -0.39 is 5.91 Å². The SMILES string of the molecule is NC(=O)c1ccnc(-c2ccc(N3CCOCC3)c(Cl)c2)c1. The molecule has 6 heteroatoms. The fourth-order valence-electron chi connectivity index (χ4n) is 2.47. The van der Waals surface area contributed by atoms with Crippen LogP contribution in [0.2, 0.25) is 5.02 Å². The van der Waals surface area contributed by atoms with E-state index in [1.165, 1.54) is 0 Å². The van der Waals surface area contributed by atoms with E-state index in [0.717, 1.165) is 24.3 Å². The summed E-state index contributed by atoms with van der Waals surface area (Å²) in [6.07, 6.45) is 1.57. The van der Waals surface area contributed by atoms with E-state index in [0.29, 0.717) is 29.5 Å². The number of carbonyl (C=O) groups excluding carboxylic acids is 1. The number of carbonyl (C=O) groups is 1. The molecule has 1 aromatic carbocycles. The number of anilines is 1. The third-order valence-corrected chi connectivity index (χ3v) is 3.94. The molecule has 1 saturated heterocycles. The van der Waals surface area contributed by atoms with E-state index in [9.17, 15) is 4.79 Å². The summed E-state index contributed by atoms with van der Waals surface area (Å²) in [6, 6.07) is 9.04. The maximum absolute atomic E-state index is 11.3. The average molecular weight is 318 g/mol. The zero-order valence-corrected chi connectivity index (χ0v) is 12.7. The van der Waals surface area contributed by atoms with Crippen molar-refractivity contribution in [2.45, 2.75) is 0 Å². The van der Waals surface area contributed by atoms with Crippen molar-refractivity contribution in [2.75, 3.05) is 31.2 Å². The van der Waals surface area contributed by atoms with Crippen LogP contribution in [0.1, 0.15) is 10.4 Å². The lowest BCUT2D eigenvalue weighted by Crippen LogP contribution is -2.36. The van der Waals surface area contributed by atoms with Crippen LogP contribution in [0.15, 0.2) is 36.5 Å². The van der Waals surface area contributed by atoms with Gasteiger partial charge in [-0.2, -0.15) is 0 Å². The maximum Gasteiger partial charge on any atom is 0.248 e. The molecule has 0 spiro atoms. The second kappa shape index (κ2) is 6.34. The van der Waals surface area contributed by atoms with Crippen LogP contribution in [0.5, 0.6) is 0 Å². The van der Waals surface area contributed by atoms with Crippen LogP contribution < -0.4 is 10.6 Å². The molecule has 0 bridgehead atoms. The van der Waals surface area contributed by atoms with Crippen molar-refractivity contribution < 1.29 is 9.53 Å². The lowest BCUT2D eigenvalue weighted by atomic mass is 10.1. The molecule has 1 fully saturated rings. The summed E-state index contributed by atoms with van der Waals surface area (Å²) >= 11 is 6.41. The van der Waals surface area contributed by atoms with E-state index in [4.69, 9.17) is 22.1 Å². The molecule has 2 N–H and O–H groups in total. The highest BCUT2D eigenvalue weighted by Gasteiger charge is 2.15. The smallest absolute Gasteiger partial charge is 0.248 e. The Morgan fingerprint density at radius 2 is 2.00 bits per heavy atom. The van der Waals surface area contributed by atoms with Crippen molar-refractivity contribution in [1.29, 1.82) is 0 Å². The average Bonchev–Trinajstić information content (AvgIpc) is 2.55. The fraction of sp³-hybridized carbons (Fsp3) is 0.250. The highest BCUT2D eigenvalue weighted by molar-refractivity contribution is 6.33. The first-order valence-corrected chi connectivity index (χ1v) is 7.41. The highest BCUT2D eigenvalue weighted by Crippen LogP contribution is 2.31. The number of primary amides is 1. The van der Waals surface area contributed by atoms with E-state index in [2.05, 4.69) is 9.88 Å². The van der Waals surface area contributed by atoms with Gasteiger partial charge in [0.2, 0.25) is 5.91 Å². The second-order valence-corrected chi connectivity index (χ2v) is 5.47. The molecular weight excluding hydrogens is 302 g/mol. The summed E-state index contributed by atoms with van der Waals surface area (Å²) in [7, 11) is 0. The largest absolute Gasteiger partial charge is 0.378 e. The van der Waals surface area contributed by atoms with E-state index >= 15 is 0 Å². The van der Waals surface area contributed by atoms with Crippen LogP contribution in [0.3, 0.4) is 0 Å². The number of hydrogen-bond donors (Lipinski definition) is 1. The van der Waals surface area contributed by atoms with E-state index in [-0.39, 0.29) is 0 Å². The number of nitrogens with two attached hydrogens (primary N) is 1. The van der Waals surface area contributed by atoms with Crippen LogP contribution in [0.4, 0.5) is 5.69 Å². The van der Waals surface area contributed by atoms with Crippen molar-refractivity contribution in [3.63, 3.8) is 0 Å². The van der Waals surface area contributed by atoms with Gasteiger partial charge in [-0.1, -0.05) is 17.7 Å². The molecule has 0 atom stereocenters. The molecule has 5 nitrogen and oxygen atoms in total. The van der Waals surface area contributed by atoms with Crippen LogP contribution >= 0.6 is 11.6 Å². The summed E-state index contributed by atoms with van der Waals surface area (Å²) in [5, 5.41) is 0.658. The van der Waals surface area contributed by atoms with Gasteiger partial charge >= 0.3 is 0 Å². The molecule has 22 heavy (non-hydrogen) atoms. The molecular formula is C16H16ClN3O2. The van der Waals surface area contributed by atoms with Gasteiger partial charge in [0.15, 0.2) is 0 Å². The fourth-order valence-corrected chi connectivity index (χ4v) is 2.77. The lowest BCUT2D eigenvalue weighted by Gasteiger charge is -2.29. The third-order valence-electron chi connectivity index (χ3n) is 3.64. The molecule has 1 aromatic heterocycles. The van der Waals surface area contributed by atoms with Gasteiger partial charge < -0.3 is 15.4 Å². The van der Waals surface area contributed by atoms with Gasteiger partial charge in [-0.25, -0.2) is 0 Å².